The summed E-state index contributed by atoms with van der Waals surface area (Å²) in [6, 6.07) is 12.1. The molecule has 1 N–H and O–H groups in total. The number of pyridine rings is 1. The first-order valence-electron chi connectivity index (χ1n) is 8.85. The molecule has 0 radical (unpaired) electrons. The van der Waals surface area contributed by atoms with Crippen molar-refractivity contribution in [2.45, 2.75) is 11.8 Å². The smallest absolute Gasteiger partial charge is 0.339 e. The summed E-state index contributed by atoms with van der Waals surface area (Å²) in [4.78, 5) is 23.9. The Bertz CT molecular complexity index is 1290. The number of nitro groups is 2. The van der Waals surface area contributed by atoms with Gasteiger partial charge >= 0.3 is 10.1 Å². The Morgan fingerprint density at radius 2 is 1.75 bits per heavy atom. The molecular formula is C19H15N5O7S. The van der Waals surface area contributed by atoms with Crippen LogP contribution in [0.25, 0.3) is 0 Å². The van der Waals surface area contributed by atoms with Crippen LogP contribution in [-0.2, 0) is 10.1 Å². The summed E-state index contributed by atoms with van der Waals surface area (Å²) in [6.45, 7) is 1.50. The Morgan fingerprint density at radius 3 is 2.34 bits per heavy atom. The number of nitro benzene ring substituents is 1. The number of aryl methyl sites for hydroxylation is 1. The Labute approximate surface area is 181 Å². The maximum Gasteiger partial charge on any atom is 0.339 e. The van der Waals surface area contributed by atoms with E-state index in [2.05, 4.69) is 15.5 Å². The van der Waals surface area contributed by atoms with Gasteiger partial charge in [0.1, 0.15) is 22.7 Å². The fraction of sp³-hybridized carbons (Fsp3) is 0.0526. The van der Waals surface area contributed by atoms with Crippen molar-refractivity contribution in [3.8, 4) is 5.75 Å². The quantitative estimate of drug-likeness (QED) is 0.231. The molecule has 32 heavy (non-hydrogen) atoms. The van der Waals surface area contributed by atoms with Crippen molar-refractivity contribution >= 4 is 33.5 Å². The first-order chi connectivity index (χ1) is 15.2. The minimum Gasteiger partial charge on any atom is -0.379 e. The molecule has 0 saturated carbocycles. The van der Waals surface area contributed by atoms with E-state index in [1.165, 1.54) is 61.7 Å². The number of hydrogen-bond acceptors (Lipinski definition) is 10. The lowest BCUT2D eigenvalue weighted by Gasteiger charge is -2.08. The van der Waals surface area contributed by atoms with Crippen LogP contribution in [0, 0.1) is 27.2 Å². The van der Waals surface area contributed by atoms with Gasteiger partial charge in [0, 0.05) is 17.7 Å². The van der Waals surface area contributed by atoms with E-state index < -0.39 is 20.0 Å². The summed E-state index contributed by atoms with van der Waals surface area (Å²) in [5, 5.41) is 25.6. The first-order valence-corrected chi connectivity index (χ1v) is 10.3. The minimum absolute atomic E-state index is 0.00960. The summed E-state index contributed by atoms with van der Waals surface area (Å²) in [7, 11) is -4.27. The molecule has 0 aliphatic carbocycles. The van der Waals surface area contributed by atoms with Crippen molar-refractivity contribution in [2.24, 2.45) is 5.10 Å². The zero-order valence-electron chi connectivity index (χ0n) is 16.4. The van der Waals surface area contributed by atoms with E-state index in [9.17, 15) is 28.6 Å². The van der Waals surface area contributed by atoms with Crippen LogP contribution in [0.1, 0.15) is 11.1 Å². The summed E-state index contributed by atoms with van der Waals surface area (Å²) in [5.41, 5.74) is 3.06. The molecule has 12 nitrogen and oxygen atoms in total. The molecule has 0 unspecified atom stereocenters. The molecule has 164 valence electrons. The molecule has 13 heteroatoms. The molecule has 0 aliphatic heterocycles. The van der Waals surface area contributed by atoms with Gasteiger partial charge in [-0.05, 0) is 48.9 Å². The van der Waals surface area contributed by atoms with Gasteiger partial charge in [0.15, 0.2) is 0 Å². The average Bonchev–Trinajstić information content (AvgIpc) is 2.75. The fourth-order valence-corrected chi connectivity index (χ4v) is 3.41. The Hall–Kier alpha value is -4.39. The van der Waals surface area contributed by atoms with E-state index in [1.54, 1.807) is 0 Å². The van der Waals surface area contributed by atoms with Crippen LogP contribution in [0.4, 0.5) is 17.2 Å². The summed E-state index contributed by atoms with van der Waals surface area (Å²) < 4.78 is 29.9. The molecule has 0 saturated heterocycles. The van der Waals surface area contributed by atoms with Gasteiger partial charge in [0.25, 0.3) is 11.4 Å². The largest absolute Gasteiger partial charge is 0.379 e. The molecule has 2 aromatic carbocycles. The highest BCUT2D eigenvalue weighted by Gasteiger charge is 2.21. The van der Waals surface area contributed by atoms with Crippen molar-refractivity contribution in [1.82, 2.24) is 4.98 Å². The zero-order chi connectivity index (χ0) is 23.3. The lowest BCUT2D eigenvalue weighted by molar-refractivity contribution is -0.385. The van der Waals surface area contributed by atoms with E-state index >= 15 is 0 Å². The van der Waals surface area contributed by atoms with Crippen LogP contribution in [0.2, 0.25) is 0 Å². The van der Waals surface area contributed by atoms with Crippen molar-refractivity contribution in [3.63, 3.8) is 0 Å². The molecule has 0 atom stereocenters. The van der Waals surface area contributed by atoms with Gasteiger partial charge in [-0.25, -0.2) is 4.98 Å². The first kappa shape index (κ1) is 22.3. The van der Waals surface area contributed by atoms with Gasteiger partial charge < -0.3 is 4.18 Å². The third-order valence-electron chi connectivity index (χ3n) is 4.10. The van der Waals surface area contributed by atoms with Crippen LogP contribution in [0.5, 0.6) is 5.75 Å². The second-order valence-electron chi connectivity index (χ2n) is 6.34. The Morgan fingerprint density at radius 1 is 1.03 bits per heavy atom. The van der Waals surface area contributed by atoms with Crippen LogP contribution < -0.4 is 9.61 Å². The highest BCUT2D eigenvalue weighted by molar-refractivity contribution is 7.87. The van der Waals surface area contributed by atoms with E-state index in [0.717, 1.165) is 12.3 Å². The standard InChI is InChI=1S/C19H15N5O7S/c1-13-2-8-17(10-18(13)24(27)28)32(29,30)31-16-6-3-14(4-7-16)11-21-22-19-9-5-15(12-20-19)23(25)26/h2-12H,1H3,(H,20,22)/b21-11+. The third-order valence-corrected chi connectivity index (χ3v) is 5.35. The summed E-state index contributed by atoms with van der Waals surface area (Å²) >= 11 is 0. The van der Waals surface area contributed by atoms with Gasteiger partial charge in [-0.3, -0.25) is 25.7 Å². The summed E-state index contributed by atoms with van der Waals surface area (Å²) in [6.07, 6.45) is 2.51. The predicted molar refractivity (Wildman–Crippen MR) is 114 cm³/mol. The van der Waals surface area contributed by atoms with Crippen molar-refractivity contribution in [3.05, 3.63) is 92.1 Å². The van der Waals surface area contributed by atoms with Crippen LogP contribution >= 0.6 is 0 Å². The maximum atomic E-state index is 12.4. The molecule has 3 aromatic rings. The zero-order valence-corrected chi connectivity index (χ0v) is 17.2. The topological polar surface area (TPSA) is 167 Å². The SMILES string of the molecule is Cc1ccc(S(=O)(=O)Oc2ccc(/C=N/Nc3ccc([N+](=O)[O-])cn3)cc2)cc1[N+](=O)[O-]. The van der Waals surface area contributed by atoms with Gasteiger partial charge in [-0.1, -0.05) is 6.07 Å². The third kappa shape index (κ3) is 5.40. The summed E-state index contributed by atoms with van der Waals surface area (Å²) in [5.74, 6) is 0.306. The maximum absolute atomic E-state index is 12.4. The molecule has 0 bridgehead atoms. The number of nitrogens with zero attached hydrogens (tertiary/aromatic N) is 4. The van der Waals surface area contributed by atoms with Gasteiger partial charge in [0.05, 0.1) is 16.1 Å². The molecule has 0 amide bonds. The lowest BCUT2D eigenvalue weighted by Crippen LogP contribution is -2.10. The molecule has 0 fully saturated rings. The van der Waals surface area contributed by atoms with E-state index in [-0.39, 0.29) is 22.0 Å². The number of aromatic nitrogens is 1. The van der Waals surface area contributed by atoms with Crippen LogP contribution in [0.15, 0.2) is 70.8 Å². The fourth-order valence-electron chi connectivity index (χ4n) is 2.46. The number of anilines is 1. The number of nitrogens with one attached hydrogen (secondary N) is 1. The number of rotatable bonds is 8. The van der Waals surface area contributed by atoms with Gasteiger partial charge in [-0.15, -0.1) is 0 Å². The number of hydrazone groups is 1. The molecule has 1 heterocycles. The van der Waals surface area contributed by atoms with Crippen molar-refractivity contribution < 1.29 is 22.4 Å². The Balaban J connectivity index is 1.66. The monoisotopic (exact) mass is 457 g/mol. The molecular weight excluding hydrogens is 442 g/mol. The number of hydrogen-bond donors (Lipinski definition) is 1. The predicted octanol–water partition coefficient (Wildman–Crippen LogP) is 3.42. The number of benzene rings is 2. The lowest BCUT2D eigenvalue weighted by atomic mass is 10.2. The molecule has 0 spiro atoms. The highest BCUT2D eigenvalue weighted by atomic mass is 32.2. The highest BCUT2D eigenvalue weighted by Crippen LogP contribution is 2.25. The normalized spacial score (nSPS) is 11.3. The second kappa shape index (κ2) is 9.18. The van der Waals surface area contributed by atoms with Gasteiger partial charge in [0.2, 0.25) is 0 Å². The van der Waals surface area contributed by atoms with E-state index in [0.29, 0.717) is 16.9 Å². The van der Waals surface area contributed by atoms with Crippen LogP contribution in [-0.4, -0.2) is 29.5 Å². The van der Waals surface area contributed by atoms with Crippen molar-refractivity contribution in [1.29, 1.82) is 0 Å². The van der Waals surface area contributed by atoms with E-state index in [1.807, 2.05) is 0 Å². The van der Waals surface area contributed by atoms with E-state index in [4.69, 9.17) is 4.18 Å². The van der Waals surface area contributed by atoms with Gasteiger partial charge in [-0.2, -0.15) is 13.5 Å². The van der Waals surface area contributed by atoms with Crippen molar-refractivity contribution in [2.75, 3.05) is 5.43 Å². The Kier molecular flexibility index (Phi) is 6.39. The molecule has 0 aliphatic rings. The second-order valence-corrected chi connectivity index (χ2v) is 7.89. The van der Waals surface area contributed by atoms with Crippen LogP contribution in [0.3, 0.4) is 0 Å². The molecule has 3 rings (SSSR count). The molecule has 1 aromatic heterocycles. The minimum atomic E-state index is -4.27. The average molecular weight is 457 g/mol.